The van der Waals surface area contributed by atoms with Gasteiger partial charge < -0.3 is 5.32 Å². The van der Waals surface area contributed by atoms with E-state index >= 15 is 0 Å². The molecule has 0 heterocycles. The molecule has 0 fully saturated rings. The number of carbonyl (C=O) groups is 1. The minimum absolute atomic E-state index is 0.168. The molecule has 96 valence electrons. The lowest BCUT2D eigenvalue weighted by molar-refractivity contribution is -0.119. The molecule has 1 N–H and O–H groups in total. The van der Waals surface area contributed by atoms with Crippen molar-refractivity contribution >= 4 is 17.7 Å². The first-order valence-electron chi connectivity index (χ1n) is 6.29. The number of nitrogens with one attached hydrogen (secondary N) is 1. The van der Waals surface area contributed by atoms with Gasteiger partial charge in [0.2, 0.25) is 5.91 Å². The Morgan fingerprint density at radius 1 is 1.19 bits per heavy atom. The van der Waals surface area contributed by atoms with Gasteiger partial charge in [0.15, 0.2) is 0 Å². The molecule has 0 saturated carbocycles. The van der Waals surface area contributed by atoms with Crippen LogP contribution in [0.3, 0.4) is 0 Å². The SMILES string of the molecule is CCC(C)C(C)C(C)NC(=O)CSC(C)C. The van der Waals surface area contributed by atoms with Crippen LogP contribution in [0, 0.1) is 11.8 Å². The Morgan fingerprint density at radius 2 is 1.75 bits per heavy atom. The van der Waals surface area contributed by atoms with Gasteiger partial charge in [-0.2, -0.15) is 0 Å². The molecule has 3 heteroatoms. The fourth-order valence-corrected chi connectivity index (χ4v) is 2.10. The summed E-state index contributed by atoms with van der Waals surface area (Å²) < 4.78 is 0. The second kappa shape index (κ2) is 7.99. The number of rotatable bonds is 7. The summed E-state index contributed by atoms with van der Waals surface area (Å²) in [5.74, 6) is 1.95. The highest BCUT2D eigenvalue weighted by Gasteiger charge is 2.19. The summed E-state index contributed by atoms with van der Waals surface area (Å²) in [5.41, 5.74) is 0. The summed E-state index contributed by atoms with van der Waals surface area (Å²) in [4.78, 5) is 11.6. The highest BCUT2D eigenvalue weighted by atomic mass is 32.2. The molecular weight excluding hydrogens is 218 g/mol. The van der Waals surface area contributed by atoms with Crippen LogP contribution in [-0.2, 0) is 4.79 Å². The minimum Gasteiger partial charge on any atom is -0.353 e. The summed E-state index contributed by atoms with van der Waals surface area (Å²) in [6, 6.07) is 0.273. The second-order valence-electron chi connectivity index (χ2n) is 4.96. The molecule has 0 spiro atoms. The normalized spacial score (nSPS) is 16.9. The third kappa shape index (κ3) is 6.41. The Labute approximate surface area is 105 Å². The topological polar surface area (TPSA) is 29.1 Å². The average Bonchev–Trinajstić information content (AvgIpc) is 2.24. The van der Waals surface area contributed by atoms with Crippen molar-refractivity contribution in [3.63, 3.8) is 0 Å². The molecule has 0 saturated heterocycles. The van der Waals surface area contributed by atoms with Crippen LogP contribution >= 0.6 is 11.8 Å². The Morgan fingerprint density at radius 3 is 2.19 bits per heavy atom. The summed E-state index contributed by atoms with van der Waals surface area (Å²) in [6.07, 6.45) is 1.17. The van der Waals surface area contributed by atoms with Gasteiger partial charge in [0.25, 0.3) is 0 Å². The van der Waals surface area contributed by atoms with Crippen LogP contribution in [0.2, 0.25) is 0 Å². The zero-order valence-corrected chi connectivity index (χ0v) is 12.4. The molecule has 0 aliphatic carbocycles. The van der Waals surface area contributed by atoms with Gasteiger partial charge in [-0.1, -0.05) is 41.0 Å². The van der Waals surface area contributed by atoms with Crippen LogP contribution in [0.25, 0.3) is 0 Å². The van der Waals surface area contributed by atoms with Gasteiger partial charge in [-0.05, 0) is 24.0 Å². The first-order chi connectivity index (χ1) is 7.38. The van der Waals surface area contributed by atoms with Gasteiger partial charge in [0.1, 0.15) is 0 Å². The largest absolute Gasteiger partial charge is 0.353 e. The molecule has 0 aromatic carbocycles. The van der Waals surface area contributed by atoms with Crippen molar-refractivity contribution in [1.82, 2.24) is 5.32 Å². The fourth-order valence-electron chi connectivity index (χ4n) is 1.53. The van der Waals surface area contributed by atoms with Gasteiger partial charge in [-0.15, -0.1) is 11.8 Å². The van der Waals surface area contributed by atoms with Crippen molar-refractivity contribution in [3.05, 3.63) is 0 Å². The molecule has 0 aliphatic rings. The van der Waals surface area contributed by atoms with Crippen molar-refractivity contribution in [3.8, 4) is 0 Å². The van der Waals surface area contributed by atoms with Crippen LogP contribution in [0.5, 0.6) is 0 Å². The van der Waals surface area contributed by atoms with Crippen LogP contribution in [0.4, 0.5) is 0 Å². The third-order valence-electron chi connectivity index (χ3n) is 3.27. The lowest BCUT2D eigenvalue weighted by Gasteiger charge is -2.26. The van der Waals surface area contributed by atoms with E-state index in [0.29, 0.717) is 22.8 Å². The van der Waals surface area contributed by atoms with Gasteiger partial charge in [0, 0.05) is 6.04 Å². The standard InChI is InChI=1S/C13H27NOS/c1-7-10(4)11(5)12(6)14-13(15)8-16-9(2)3/h9-12H,7-8H2,1-6H3,(H,14,15). The van der Waals surface area contributed by atoms with Crippen LogP contribution in [0.15, 0.2) is 0 Å². The van der Waals surface area contributed by atoms with E-state index in [0.717, 1.165) is 0 Å². The highest BCUT2D eigenvalue weighted by molar-refractivity contribution is 8.00. The molecule has 0 aromatic heterocycles. The van der Waals surface area contributed by atoms with Crippen molar-refractivity contribution < 1.29 is 4.79 Å². The van der Waals surface area contributed by atoms with E-state index in [2.05, 4.69) is 46.9 Å². The third-order valence-corrected chi connectivity index (χ3v) is 4.36. The molecule has 0 bridgehead atoms. The molecule has 0 aromatic rings. The molecule has 2 nitrogen and oxygen atoms in total. The first-order valence-corrected chi connectivity index (χ1v) is 7.34. The number of hydrogen-bond acceptors (Lipinski definition) is 2. The number of hydrogen-bond donors (Lipinski definition) is 1. The number of thioether (sulfide) groups is 1. The Bertz CT molecular complexity index is 206. The van der Waals surface area contributed by atoms with E-state index in [9.17, 15) is 4.79 Å². The lowest BCUT2D eigenvalue weighted by Crippen LogP contribution is -2.40. The van der Waals surface area contributed by atoms with Crippen LogP contribution < -0.4 is 5.32 Å². The van der Waals surface area contributed by atoms with Crippen molar-refractivity contribution in [2.45, 2.75) is 59.3 Å². The summed E-state index contributed by atoms with van der Waals surface area (Å²) in [7, 11) is 0. The van der Waals surface area contributed by atoms with E-state index in [1.54, 1.807) is 11.8 Å². The number of amides is 1. The molecule has 3 unspecified atom stereocenters. The zero-order valence-electron chi connectivity index (χ0n) is 11.5. The van der Waals surface area contributed by atoms with Crippen LogP contribution in [-0.4, -0.2) is 23.0 Å². The Balaban J connectivity index is 3.94. The molecule has 0 aliphatic heterocycles. The Hall–Kier alpha value is -0.180. The number of carbonyl (C=O) groups excluding carboxylic acids is 1. The predicted octanol–water partition coefficient (Wildman–Crippen LogP) is 3.31. The van der Waals surface area contributed by atoms with Crippen LogP contribution in [0.1, 0.15) is 48.0 Å². The van der Waals surface area contributed by atoms with Gasteiger partial charge in [-0.25, -0.2) is 0 Å². The lowest BCUT2D eigenvalue weighted by atomic mass is 9.88. The highest BCUT2D eigenvalue weighted by Crippen LogP contribution is 2.18. The molecular formula is C13H27NOS. The average molecular weight is 245 g/mol. The maximum atomic E-state index is 11.6. The monoisotopic (exact) mass is 245 g/mol. The van der Waals surface area contributed by atoms with Crippen molar-refractivity contribution in [2.24, 2.45) is 11.8 Å². The van der Waals surface area contributed by atoms with E-state index in [4.69, 9.17) is 0 Å². The summed E-state index contributed by atoms with van der Waals surface area (Å²) in [5, 5.41) is 3.61. The van der Waals surface area contributed by atoms with Crippen molar-refractivity contribution in [1.29, 1.82) is 0 Å². The van der Waals surface area contributed by atoms with E-state index in [-0.39, 0.29) is 11.9 Å². The van der Waals surface area contributed by atoms with Gasteiger partial charge in [0.05, 0.1) is 5.75 Å². The van der Waals surface area contributed by atoms with E-state index in [1.807, 2.05) is 0 Å². The molecule has 16 heavy (non-hydrogen) atoms. The zero-order chi connectivity index (χ0) is 12.7. The maximum Gasteiger partial charge on any atom is 0.230 e. The maximum absolute atomic E-state index is 11.6. The predicted molar refractivity (Wildman–Crippen MR) is 73.8 cm³/mol. The second-order valence-corrected chi connectivity index (χ2v) is 6.53. The molecule has 0 rings (SSSR count). The first kappa shape index (κ1) is 15.8. The summed E-state index contributed by atoms with van der Waals surface area (Å²) in [6.45, 7) is 13.0. The quantitative estimate of drug-likeness (QED) is 0.745. The fraction of sp³-hybridized carbons (Fsp3) is 0.923. The Kier molecular flexibility index (Phi) is 7.90. The molecule has 1 amide bonds. The molecule has 0 radical (unpaired) electrons. The van der Waals surface area contributed by atoms with Crippen molar-refractivity contribution in [2.75, 3.05) is 5.75 Å². The van der Waals surface area contributed by atoms with Gasteiger partial charge >= 0.3 is 0 Å². The van der Waals surface area contributed by atoms with Gasteiger partial charge in [-0.3, -0.25) is 4.79 Å². The molecule has 3 atom stereocenters. The minimum atomic E-state index is 0.168. The smallest absolute Gasteiger partial charge is 0.230 e. The van der Waals surface area contributed by atoms with E-state index < -0.39 is 0 Å². The summed E-state index contributed by atoms with van der Waals surface area (Å²) >= 11 is 1.70. The van der Waals surface area contributed by atoms with E-state index in [1.165, 1.54) is 6.42 Å².